The third-order valence-electron chi connectivity index (χ3n) is 3.23. The van der Waals surface area contributed by atoms with Crippen molar-refractivity contribution in [3.8, 4) is 12.1 Å². The van der Waals surface area contributed by atoms with Crippen molar-refractivity contribution in [2.75, 3.05) is 12.9 Å². The first-order valence-corrected chi connectivity index (χ1v) is 8.34. The fourth-order valence-electron chi connectivity index (χ4n) is 2.10. The van der Waals surface area contributed by atoms with E-state index in [1.54, 1.807) is 30.0 Å². The zero-order valence-electron chi connectivity index (χ0n) is 12.8. The van der Waals surface area contributed by atoms with Crippen LogP contribution in [0.1, 0.15) is 22.3 Å². The molecule has 0 aliphatic carbocycles. The monoisotopic (exact) mass is 320 g/mol. The number of nitriles is 2. The van der Waals surface area contributed by atoms with Crippen LogP contribution in [-0.4, -0.2) is 12.9 Å². The summed E-state index contributed by atoms with van der Waals surface area (Å²) >= 11 is 1.62. The molecule has 0 spiro atoms. The molecule has 0 saturated heterocycles. The third-order valence-corrected chi connectivity index (χ3v) is 3.75. The molecule has 2 aromatic rings. The summed E-state index contributed by atoms with van der Waals surface area (Å²) in [4.78, 5) is 0. The van der Waals surface area contributed by atoms with Crippen molar-refractivity contribution in [2.45, 2.75) is 6.61 Å². The molecule has 3 nitrogen and oxygen atoms in total. The maximum atomic E-state index is 8.91. The van der Waals surface area contributed by atoms with Crippen molar-refractivity contribution in [3.63, 3.8) is 0 Å². The van der Waals surface area contributed by atoms with Crippen LogP contribution in [0.2, 0.25) is 0 Å². The summed E-state index contributed by atoms with van der Waals surface area (Å²) in [6, 6.07) is 19.1. The molecule has 4 heteroatoms. The molecule has 0 amide bonds. The average molecular weight is 320 g/mol. The quantitative estimate of drug-likeness (QED) is 0.794. The molecule has 2 aromatic carbocycles. The van der Waals surface area contributed by atoms with Gasteiger partial charge in [-0.25, -0.2) is 0 Å². The lowest BCUT2D eigenvalue weighted by Crippen LogP contribution is -1.99. The summed E-state index contributed by atoms with van der Waals surface area (Å²) in [6.07, 6.45) is 2.00. The predicted molar refractivity (Wildman–Crippen MR) is 93.5 cm³/mol. The standard InChI is InChI=1S/C19H16N2OS/c1-23-14-19(18-7-5-15(10-20)6-8-18)13-22-12-17-4-2-3-16(9-17)11-21/h2-9,14H,12-13H2,1H3/b19-14-. The van der Waals surface area contributed by atoms with E-state index in [1.807, 2.05) is 42.0 Å². The van der Waals surface area contributed by atoms with Gasteiger partial charge in [-0.2, -0.15) is 10.5 Å². The van der Waals surface area contributed by atoms with Crippen LogP contribution < -0.4 is 0 Å². The van der Waals surface area contributed by atoms with Gasteiger partial charge in [0.2, 0.25) is 0 Å². The molecule has 0 aliphatic heterocycles. The minimum absolute atomic E-state index is 0.456. The third kappa shape index (κ3) is 5.00. The summed E-state index contributed by atoms with van der Waals surface area (Å²) in [5, 5.41) is 19.8. The van der Waals surface area contributed by atoms with Gasteiger partial charge in [0.15, 0.2) is 0 Å². The lowest BCUT2D eigenvalue weighted by Gasteiger charge is -2.09. The van der Waals surface area contributed by atoms with Crippen LogP contribution in [0.3, 0.4) is 0 Å². The summed E-state index contributed by atoms with van der Waals surface area (Å²) < 4.78 is 5.79. The maximum Gasteiger partial charge on any atom is 0.0991 e. The van der Waals surface area contributed by atoms with E-state index in [2.05, 4.69) is 12.1 Å². The number of hydrogen-bond donors (Lipinski definition) is 0. The van der Waals surface area contributed by atoms with E-state index in [0.29, 0.717) is 24.3 Å². The van der Waals surface area contributed by atoms with E-state index in [4.69, 9.17) is 15.3 Å². The molecule has 0 N–H and O–H groups in total. The van der Waals surface area contributed by atoms with Gasteiger partial charge < -0.3 is 4.74 Å². The van der Waals surface area contributed by atoms with Crippen LogP contribution in [0.4, 0.5) is 0 Å². The molecule has 0 unspecified atom stereocenters. The molecular formula is C19H16N2OS. The zero-order valence-corrected chi connectivity index (χ0v) is 13.6. The van der Waals surface area contributed by atoms with Crippen LogP contribution in [-0.2, 0) is 11.3 Å². The largest absolute Gasteiger partial charge is 0.372 e. The highest BCUT2D eigenvalue weighted by atomic mass is 32.2. The average Bonchev–Trinajstić information content (AvgIpc) is 2.61. The number of nitrogens with zero attached hydrogens (tertiary/aromatic N) is 2. The number of rotatable bonds is 6. The van der Waals surface area contributed by atoms with E-state index in [0.717, 1.165) is 16.7 Å². The van der Waals surface area contributed by atoms with Crippen molar-refractivity contribution >= 4 is 17.3 Å². The molecule has 0 fully saturated rings. The molecule has 0 atom stereocenters. The zero-order chi connectivity index (χ0) is 16.5. The number of thioether (sulfide) groups is 1. The van der Waals surface area contributed by atoms with Crippen molar-refractivity contribution in [1.82, 2.24) is 0 Å². The first-order valence-electron chi connectivity index (χ1n) is 7.06. The summed E-state index contributed by atoms with van der Waals surface area (Å²) in [5.74, 6) is 0. The first kappa shape index (κ1) is 16.8. The fraction of sp³-hybridized carbons (Fsp3) is 0.158. The van der Waals surface area contributed by atoms with Crippen LogP contribution >= 0.6 is 11.8 Å². The summed E-state index contributed by atoms with van der Waals surface area (Å²) in [5.41, 5.74) is 4.37. The second-order valence-electron chi connectivity index (χ2n) is 4.87. The second-order valence-corrected chi connectivity index (χ2v) is 5.58. The van der Waals surface area contributed by atoms with Gasteiger partial charge in [0.1, 0.15) is 0 Å². The molecule has 0 aliphatic rings. The van der Waals surface area contributed by atoms with Gasteiger partial charge in [0, 0.05) is 0 Å². The molecule has 114 valence electrons. The lowest BCUT2D eigenvalue weighted by molar-refractivity contribution is 0.153. The van der Waals surface area contributed by atoms with Gasteiger partial charge >= 0.3 is 0 Å². The molecule has 0 saturated carbocycles. The Morgan fingerprint density at radius 3 is 2.48 bits per heavy atom. The highest BCUT2D eigenvalue weighted by molar-refractivity contribution is 8.01. The van der Waals surface area contributed by atoms with Crippen molar-refractivity contribution < 1.29 is 4.74 Å². The van der Waals surface area contributed by atoms with Crippen molar-refractivity contribution in [2.24, 2.45) is 0 Å². The Bertz CT molecular complexity index is 767. The smallest absolute Gasteiger partial charge is 0.0991 e. The van der Waals surface area contributed by atoms with Gasteiger partial charge in [0.05, 0.1) is 36.5 Å². The topological polar surface area (TPSA) is 56.8 Å². The fourth-order valence-corrected chi connectivity index (χ4v) is 2.58. The number of benzene rings is 2. The first-order chi connectivity index (χ1) is 11.3. The summed E-state index contributed by atoms with van der Waals surface area (Å²) in [6.45, 7) is 0.932. The Balaban J connectivity index is 2.01. The van der Waals surface area contributed by atoms with Crippen LogP contribution in [0.25, 0.3) is 5.57 Å². The minimum Gasteiger partial charge on any atom is -0.372 e. The molecule has 2 rings (SSSR count). The van der Waals surface area contributed by atoms with Gasteiger partial charge in [-0.3, -0.25) is 0 Å². The number of ether oxygens (including phenoxy) is 1. The van der Waals surface area contributed by atoms with Gasteiger partial charge in [-0.15, -0.1) is 11.8 Å². The van der Waals surface area contributed by atoms with Gasteiger partial charge in [-0.05, 0) is 52.6 Å². The maximum absolute atomic E-state index is 8.91. The van der Waals surface area contributed by atoms with E-state index in [1.165, 1.54) is 0 Å². The summed E-state index contributed by atoms with van der Waals surface area (Å²) in [7, 11) is 0. The molecule has 0 heterocycles. The Labute approximate surface area is 140 Å². The van der Waals surface area contributed by atoms with Crippen molar-refractivity contribution in [3.05, 3.63) is 76.2 Å². The molecule has 0 radical (unpaired) electrons. The minimum atomic E-state index is 0.456. The molecule has 0 aromatic heterocycles. The molecule has 23 heavy (non-hydrogen) atoms. The molecular weight excluding hydrogens is 304 g/mol. The van der Waals surface area contributed by atoms with E-state index in [9.17, 15) is 0 Å². The highest BCUT2D eigenvalue weighted by Crippen LogP contribution is 2.19. The normalized spacial score (nSPS) is 10.8. The van der Waals surface area contributed by atoms with Crippen LogP contribution in [0.15, 0.2) is 53.9 Å². The van der Waals surface area contributed by atoms with Crippen molar-refractivity contribution in [1.29, 1.82) is 10.5 Å². The van der Waals surface area contributed by atoms with Crippen LogP contribution in [0.5, 0.6) is 0 Å². The Morgan fingerprint density at radius 1 is 1.09 bits per heavy atom. The Hall–Kier alpha value is -2.53. The second kappa shape index (κ2) is 8.80. The number of hydrogen-bond acceptors (Lipinski definition) is 4. The van der Waals surface area contributed by atoms with E-state index < -0.39 is 0 Å². The van der Waals surface area contributed by atoms with Crippen LogP contribution in [0, 0.1) is 22.7 Å². The molecule has 0 bridgehead atoms. The lowest BCUT2D eigenvalue weighted by atomic mass is 10.1. The SMILES string of the molecule is CS/C=C(/COCc1cccc(C#N)c1)c1ccc(C#N)cc1. The van der Waals surface area contributed by atoms with Gasteiger partial charge in [0.25, 0.3) is 0 Å². The highest BCUT2D eigenvalue weighted by Gasteiger charge is 2.03. The van der Waals surface area contributed by atoms with E-state index >= 15 is 0 Å². The predicted octanol–water partition coefficient (Wildman–Crippen LogP) is 4.35. The Morgan fingerprint density at radius 2 is 1.83 bits per heavy atom. The van der Waals surface area contributed by atoms with E-state index in [-0.39, 0.29) is 0 Å². The van der Waals surface area contributed by atoms with Gasteiger partial charge in [-0.1, -0.05) is 24.3 Å². The Kier molecular flexibility index (Phi) is 6.44.